The maximum absolute atomic E-state index is 12.9. The van der Waals surface area contributed by atoms with Gasteiger partial charge in [0.05, 0.1) is 31.5 Å². The van der Waals surface area contributed by atoms with Gasteiger partial charge in [-0.3, -0.25) is 13.9 Å². The number of hydrogen-bond acceptors (Lipinski definition) is 6. The standard InChI is InChI=1S/C18H24N2O6S/c1-12-4-5-15-14(10-12)20(27(3,23)24)11-16(26-15)17(21)19-8-6-13(7-9-19)18(22)25-2/h4-5,10,13,16H,6-9,11H2,1-3H3/t16-/m1/s1. The van der Waals surface area contributed by atoms with Gasteiger partial charge in [0.25, 0.3) is 5.91 Å². The highest BCUT2D eigenvalue weighted by molar-refractivity contribution is 7.92. The second-order valence-electron chi connectivity index (χ2n) is 6.99. The maximum atomic E-state index is 12.9. The Bertz CT molecular complexity index is 845. The van der Waals surface area contributed by atoms with Gasteiger partial charge in [-0.15, -0.1) is 0 Å². The Morgan fingerprint density at radius 1 is 1.22 bits per heavy atom. The van der Waals surface area contributed by atoms with Crippen molar-refractivity contribution in [2.45, 2.75) is 25.9 Å². The molecule has 9 heteroatoms. The normalized spacial score (nSPS) is 20.6. The van der Waals surface area contributed by atoms with Gasteiger partial charge in [-0.25, -0.2) is 8.42 Å². The van der Waals surface area contributed by atoms with E-state index in [0.29, 0.717) is 37.4 Å². The van der Waals surface area contributed by atoms with Crippen molar-refractivity contribution >= 4 is 27.6 Å². The van der Waals surface area contributed by atoms with Crippen LogP contribution < -0.4 is 9.04 Å². The highest BCUT2D eigenvalue weighted by atomic mass is 32.2. The van der Waals surface area contributed by atoms with Crippen LogP contribution in [0.1, 0.15) is 18.4 Å². The van der Waals surface area contributed by atoms with Crippen LogP contribution in [0.5, 0.6) is 5.75 Å². The molecule has 3 rings (SSSR count). The molecular formula is C18H24N2O6S. The molecule has 0 aliphatic carbocycles. The van der Waals surface area contributed by atoms with E-state index >= 15 is 0 Å². The number of esters is 1. The summed E-state index contributed by atoms with van der Waals surface area (Å²) in [6.45, 7) is 2.63. The summed E-state index contributed by atoms with van der Waals surface area (Å²) in [5, 5.41) is 0. The zero-order valence-corrected chi connectivity index (χ0v) is 16.5. The molecule has 2 heterocycles. The summed E-state index contributed by atoms with van der Waals surface area (Å²) < 4.78 is 36.3. The molecule has 27 heavy (non-hydrogen) atoms. The monoisotopic (exact) mass is 396 g/mol. The van der Waals surface area contributed by atoms with E-state index in [0.717, 1.165) is 11.8 Å². The minimum Gasteiger partial charge on any atom is -0.476 e. The predicted octanol–water partition coefficient (Wildman–Crippen LogP) is 0.934. The average molecular weight is 396 g/mol. The molecule has 1 aromatic carbocycles. The molecule has 0 unspecified atom stereocenters. The van der Waals surface area contributed by atoms with Crippen molar-refractivity contribution in [3.8, 4) is 5.75 Å². The number of piperidine rings is 1. The van der Waals surface area contributed by atoms with Crippen molar-refractivity contribution < 1.29 is 27.5 Å². The molecule has 2 aliphatic rings. The van der Waals surface area contributed by atoms with Crippen molar-refractivity contribution in [1.82, 2.24) is 4.90 Å². The molecule has 1 saturated heterocycles. The molecule has 2 aliphatic heterocycles. The van der Waals surface area contributed by atoms with Crippen LogP contribution in [-0.2, 0) is 24.3 Å². The molecule has 0 bridgehead atoms. The number of amides is 1. The molecule has 1 fully saturated rings. The van der Waals surface area contributed by atoms with E-state index in [9.17, 15) is 18.0 Å². The number of aryl methyl sites for hydroxylation is 1. The van der Waals surface area contributed by atoms with Crippen molar-refractivity contribution in [2.75, 3.05) is 37.3 Å². The van der Waals surface area contributed by atoms with Crippen LogP contribution in [0.4, 0.5) is 5.69 Å². The Hall–Kier alpha value is -2.29. The SMILES string of the molecule is COC(=O)C1CCN(C(=O)[C@H]2CN(S(C)(=O)=O)c3cc(C)ccc3O2)CC1. The van der Waals surface area contributed by atoms with Crippen LogP contribution >= 0.6 is 0 Å². The maximum Gasteiger partial charge on any atom is 0.308 e. The Labute approximate surface area is 159 Å². The Kier molecular flexibility index (Phi) is 5.32. The first-order valence-electron chi connectivity index (χ1n) is 8.82. The zero-order valence-electron chi connectivity index (χ0n) is 15.7. The van der Waals surface area contributed by atoms with E-state index in [-0.39, 0.29) is 24.3 Å². The fourth-order valence-electron chi connectivity index (χ4n) is 3.51. The summed E-state index contributed by atoms with van der Waals surface area (Å²) in [5.41, 5.74) is 1.35. The van der Waals surface area contributed by atoms with Crippen LogP contribution in [0.25, 0.3) is 0 Å². The number of fused-ring (bicyclic) bond motifs is 1. The van der Waals surface area contributed by atoms with E-state index in [1.807, 2.05) is 13.0 Å². The molecule has 0 radical (unpaired) electrons. The number of methoxy groups -OCH3 is 1. The van der Waals surface area contributed by atoms with Crippen molar-refractivity contribution in [3.05, 3.63) is 23.8 Å². The van der Waals surface area contributed by atoms with Gasteiger partial charge < -0.3 is 14.4 Å². The molecule has 0 saturated carbocycles. The number of ether oxygens (including phenoxy) is 2. The number of nitrogens with zero attached hydrogens (tertiary/aromatic N) is 2. The van der Waals surface area contributed by atoms with Gasteiger partial charge in [0, 0.05) is 13.1 Å². The third-order valence-corrected chi connectivity index (χ3v) is 6.15. The lowest BCUT2D eigenvalue weighted by molar-refractivity contribution is -0.150. The van der Waals surface area contributed by atoms with Gasteiger partial charge in [-0.1, -0.05) is 6.07 Å². The molecule has 0 spiro atoms. The van der Waals surface area contributed by atoms with Gasteiger partial charge in [0.15, 0.2) is 6.10 Å². The fraction of sp³-hybridized carbons (Fsp3) is 0.556. The number of carbonyl (C=O) groups excluding carboxylic acids is 2. The topological polar surface area (TPSA) is 93.2 Å². The molecule has 1 atom stereocenters. The predicted molar refractivity (Wildman–Crippen MR) is 99.1 cm³/mol. The second-order valence-corrected chi connectivity index (χ2v) is 8.90. The van der Waals surface area contributed by atoms with E-state index in [1.54, 1.807) is 17.0 Å². The van der Waals surface area contributed by atoms with Gasteiger partial charge in [-0.05, 0) is 37.5 Å². The first kappa shape index (κ1) is 19.5. The first-order valence-corrected chi connectivity index (χ1v) is 10.7. The van der Waals surface area contributed by atoms with Crippen molar-refractivity contribution in [2.24, 2.45) is 5.92 Å². The summed E-state index contributed by atoms with van der Waals surface area (Å²) in [5.74, 6) is -0.357. The summed E-state index contributed by atoms with van der Waals surface area (Å²) in [4.78, 5) is 26.2. The number of anilines is 1. The second kappa shape index (κ2) is 7.38. The molecule has 148 valence electrons. The number of rotatable bonds is 3. The van der Waals surface area contributed by atoms with Gasteiger partial charge in [0.1, 0.15) is 5.75 Å². The minimum atomic E-state index is -3.56. The summed E-state index contributed by atoms with van der Waals surface area (Å²) in [7, 11) is -2.20. The highest BCUT2D eigenvalue weighted by Crippen LogP contribution is 2.36. The lowest BCUT2D eigenvalue weighted by Gasteiger charge is -2.38. The molecule has 1 aromatic rings. The Morgan fingerprint density at radius 3 is 2.48 bits per heavy atom. The third kappa shape index (κ3) is 4.02. The van der Waals surface area contributed by atoms with Crippen LogP contribution in [0.15, 0.2) is 18.2 Å². The molecule has 0 N–H and O–H groups in total. The minimum absolute atomic E-state index is 0.0644. The van der Waals surface area contributed by atoms with Gasteiger partial charge >= 0.3 is 5.97 Å². The van der Waals surface area contributed by atoms with Crippen LogP contribution in [-0.4, -0.2) is 64.3 Å². The Balaban J connectivity index is 1.77. The Morgan fingerprint density at radius 2 is 1.89 bits per heavy atom. The number of sulfonamides is 1. The van der Waals surface area contributed by atoms with E-state index in [4.69, 9.17) is 9.47 Å². The number of likely N-dealkylation sites (tertiary alicyclic amines) is 1. The van der Waals surface area contributed by atoms with Gasteiger partial charge in [-0.2, -0.15) is 0 Å². The zero-order chi connectivity index (χ0) is 19.8. The van der Waals surface area contributed by atoms with E-state index < -0.39 is 16.1 Å². The summed E-state index contributed by atoms with van der Waals surface area (Å²) in [6, 6.07) is 5.23. The highest BCUT2D eigenvalue weighted by Gasteiger charge is 2.38. The largest absolute Gasteiger partial charge is 0.476 e. The van der Waals surface area contributed by atoms with Crippen LogP contribution in [0, 0.1) is 12.8 Å². The molecule has 1 amide bonds. The van der Waals surface area contributed by atoms with Crippen LogP contribution in [0.3, 0.4) is 0 Å². The number of hydrogen-bond donors (Lipinski definition) is 0. The summed E-state index contributed by atoms with van der Waals surface area (Å²) >= 11 is 0. The van der Waals surface area contributed by atoms with Gasteiger partial charge in [0.2, 0.25) is 10.0 Å². The van der Waals surface area contributed by atoms with E-state index in [1.165, 1.54) is 11.4 Å². The lowest BCUT2D eigenvalue weighted by Crippen LogP contribution is -2.53. The van der Waals surface area contributed by atoms with Crippen molar-refractivity contribution in [3.63, 3.8) is 0 Å². The van der Waals surface area contributed by atoms with E-state index in [2.05, 4.69) is 0 Å². The van der Waals surface area contributed by atoms with Crippen molar-refractivity contribution in [1.29, 1.82) is 0 Å². The van der Waals surface area contributed by atoms with Crippen LogP contribution in [0.2, 0.25) is 0 Å². The molecular weight excluding hydrogens is 372 g/mol. The molecule has 8 nitrogen and oxygen atoms in total. The summed E-state index contributed by atoms with van der Waals surface area (Å²) in [6.07, 6.45) is 1.26. The first-order chi connectivity index (χ1) is 12.7. The third-order valence-electron chi connectivity index (χ3n) is 5.00. The number of carbonyl (C=O) groups is 2. The quantitative estimate of drug-likeness (QED) is 0.706. The number of benzene rings is 1. The lowest BCUT2D eigenvalue weighted by atomic mass is 9.96. The molecule has 0 aromatic heterocycles. The smallest absolute Gasteiger partial charge is 0.308 e. The average Bonchev–Trinajstić information content (AvgIpc) is 2.65. The fourth-order valence-corrected chi connectivity index (χ4v) is 4.42.